The number of anilines is 2. The summed E-state index contributed by atoms with van der Waals surface area (Å²) in [6.45, 7) is -5.53. The minimum absolute atomic E-state index is 0.0633. The molecule has 0 aliphatic carbocycles. The second-order valence-corrected chi connectivity index (χ2v) is 15.2. The Labute approximate surface area is 252 Å². The third-order valence-corrected chi connectivity index (χ3v) is 10.3. The molecule has 10 atom stereocenters. The number of rotatable bonds is 2. The minimum Gasteiger partial charge on any atom is -0.397 e. The van der Waals surface area contributed by atoms with Crippen LogP contribution in [0.1, 0.15) is 12.5 Å². The van der Waals surface area contributed by atoms with Gasteiger partial charge in [0.15, 0.2) is 41.9 Å². The molecule has 0 amide bonds. The molecule has 7 rings (SSSR count). The summed E-state index contributed by atoms with van der Waals surface area (Å²) in [5, 5.41) is 0. The predicted molar refractivity (Wildman–Crippen MR) is 154 cm³/mol. The van der Waals surface area contributed by atoms with E-state index in [4.69, 9.17) is 39.0 Å². The molecule has 23 heteroatoms. The van der Waals surface area contributed by atoms with Gasteiger partial charge in [-0.2, -0.15) is 0 Å². The Morgan fingerprint density at radius 3 is 2.14 bits per heavy atom. The van der Waals surface area contributed by atoms with Gasteiger partial charge in [0.25, 0.3) is 15.0 Å². The summed E-state index contributed by atoms with van der Waals surface area (Å²) in [6, 6.07) is 1.53. The van der Waals surface area contributed by atoms with Crippen LogP contribution >= 0.6 is 26.5 Å². The Kier molecular flexibility index (Phi) is 7.46. The molecule has 0 unspecified atom stereocenters. The van der Waals surface area contributed by atoms with Gasteiger partial charge < -0.3 is 30.0 Å². The van der Waals surface area contributed by atoms with Crippen molar-refractivity contribution in [2.24, 2.45) is 0 Å². The number of alkyl halides is 2. The van der Waals surface area contributed by atoms with Crippen LogP contribution in [-0.2, 0) is 36.7 Å². The number of nitrogens with two attached hydrogens (primary N) is 2. The maximum Gasteiger partial charge on any atom is 0.386 e. The topological polar surface area (TPSA) is 216 Å². The molecule has 0 aromatic carbocycles. The first-order chi connectivity index (χ1) is 20.9. The van der Waals surface area contributed by atoms with Gasteiger partial charge in [-0.3, -0.25) is 22.7 Å². The molecule has 4 aromatic heterocycles. The molecule has 3 aliphatic rings. The zero-order valence-corrected chi connectivity index (χ0v) is 25.3. The summed E-state index contributed by atoms with van der Waals surface area (Å²) in [5.74, 6) is 0.0633. The molecular formula is C21H24BF2N9O8P2S. The molecule has 234 valence electrons. The highest BCUT2D eigenvalue weighted by molar-refractivity contribution is 8.44. The van der Waals surface area contributed by atoms with E-state index in [9.17, 15) is 9.13 Å². The first-order valence-electron chi connectivity index (χ1n) is 13.1. The quantitative estimate of drug-likeness (QED) is 0.156. The highest BCUT2D eigenvalue weighted by Gasteiger charge is 2.54. The first-order valence-corrected chi connectivity index (χ1v) is 17.8. The molecule has 3 fully saturated rings. The molecule has 44 heavy (non-hydrogen) atoms. The molecule has 17 nitrogen and oxygen atoms in total. The molecule has 0 saturated carbocycles. The van der Waals surface area contributed by atoms with Gasteiger partial charge in [-0.05, 0) is 6.07 Å². The average molecular weight is 673 g/mol. The Morgan fingerprint density at radius 1 is 0.864 bits per heavy atom. The number of nitrogens with zero attached hydrogens (tertiary/aromatic N) is 7. The number of ether oxygens (including phenoxy) is 2. The molecule has 3 aliphatic heterocycles. The van der Waals surface area contributed by atoms with Crippen LogP contribution in [0.3, 0.4) is 0 Å². The molecule has 0 spiro atoms. The molecule has 7 heterocycles. The van der Waals surface area contributed by atoms with Crippen LogP contribution in [0.25, 0.3) is 22.3 Å². The fourth-order valence-corrected chi connectivity index (χ4v) is 8.02. The van der Waals surface area contributed by atoms with Gasteiger partial charge in [0.05, 0.1) is 31.6 Å². The van der Waals surface area contributed by atoms with Crippen molar-refractivity contribution in [3.05, 3.63) is 31.2 Å². The van der Waals surface area contributed by atoms with Gasteiger partial charge in [-0.15, -0.1) is 0 Å². The van der Waals surface area contributed by atoms with E-state index in [1.54, 1.807) is 0 Å². The number of pyridine rings is 1. The van der Waals surface area contributed by atoms with Crippen molar-refractivity contribution < 1.29 is 45.5 Å². The largest absolute Gasteiger partial charge is 0.397 e. The van der Waals surface area contributed by atoms with Crippen LogP contribution in [0.2, 0.25) is 0 Å². The lowest BCUT2D eigenvalue weighted by molar-refractivity contribution is -0.0546. The summed E-state index contributed by atoms with van der Waals surface area (Å²) in [7, 11) is -2.95. The number of hydrogen-bond donors (Lipinski definition) is 3. The maximum atomic E-state index is 16.0. The van der Waals surface area contributed by atoms with E-state index in [1.807, 2.05) is 0 Å². The van der Waals surface area contributed by atoms with Gasteiger partial charge in [0.1, 0.15) is 41.8 Å². The van der Waals surface area contributed by atoms with Crippen molar-refractivity contribution in [1.82, 2.24) is 34.1 Å². The molecule has 0 bridgehead atoms. The lowest BCUT2D eigenvalue weighted by Crippen LogP contribution is -2.37. The number of nitrogen functional groups attached to an aromatic ring is 2. The van der Waals surface area contributed by atoms with Gasteiger partial charge in [-0.1, -0.05) is 12.2 Å². The van der Waals surface area contributed by atoms with E-state index in [0.29, 0.717) is 11.2 Å². The van der Waals surface area contributed by atoms with Crippen molar-refractivity contribution in [3.63, 3.8) is 0 Å². The average Bonchev–Trinajstić information content (AvgIpc) is 3.73. The first kappa shape index (κ1) is 29.9. The SMILES string of the molecule is B[P@@]1(=O)OC[C@H]2O[C@@H](n3cnc4c(N)ncnc43)[C@H](F)[C@@H]2O[P@](=O)(S)OC[C@H]2O[C@@H](n3cnc4c(N)ccnc43)[C@H](F)[C@@H]2O1. The second kappa shape index (κ2) is 11.0. The van der Waals surface area contributed by atoms with E-state index in [-0.39, 0.29) is 22.6 Å². The zero-order valence-electron chi connectivity index (χ0n) is 22.6. The zero-order chi connectivity index (χ0) is 31.0. The summed E-state index contributed by atoms with van der Waals surface area (Å²) in [6.07, 6.45) is -7.32. The second-order valence-electron chi connectivity index (χ2n) is 10.3. The van der Waals surface area contributed by atoms with Crippen molar-refractivity contribution in [2.45, 2.75) is 49.2 Å². The van der Waals surface area contributed by atoms with Gasteiger partial charge in [0.2, 0.25) is 0 Å². The van der Waals surface area contributed by atoms with Crippen molar-refractivity contribution in [1.29, 1.82) is 0 Å². The minimum atomic E-state index is -4.36. The highest BCUT2D eigenvalue weighted by atomic mass is 32.7. The molecule has 3 saturated heterocycles. The van der Waals surface area contributed by atoms with Crippen LogP contribution in [-0.4, -0.2) is 91.6 Å². The smallest absolute Gasteiger partial charge is 0.386 e. The van der Waals surface area contributed by atoms with Crippen molar-refractivity contribution >= 4 is 67.9 Å². The van der Waals surface area contributed by atoms with E-state index < -0.39 is 76.7 Å². The van der Waals surface area contributed by atoms with E-state index in [0.717, 1.165) is 7.57 Å². The van der Waals surface area contributed by atoms with Crippen molar-refractivity contribution in [2.75, 3.05) is 24.7 Å². The number of thiol groups is 1. The van der Waals surface area contributed by atoms with Crippen LogP contribution < -0.4 is 11.5 Å². The van der Waals surface area contributed by atoms with Gasteiger partial charge >= 0.3 is 6.80 Å². The van der Waals surface area contributed by atoms with Crippen LogP contribution in [0.5, 0.6) is 0 Å². The monoisotopic (exact) mass is 673 g/mol. The summed E-state index contributed by atoms with van der Waals surface area (Å²) >= 11 is 4.01. The summed E-state index contributed by atoms with van der Waals surface area (Å²) in [4.78, 5) is 20.4. The maximum absolute atomic E-state index is 16.0. The predicted octanol–water partition coefficient (Wildman–Crippen LogP) is 1.50. The van der Waals surface area contributed by atoms with Crippen molar-refractivity contribution in [3.8, 4) is 0 Å². The third kappa shape index (κ3) is 5.19. The summed E-state index contributed by atoms with van der Waals surface area (Å²) in [5.41, 5.74) is 13.0. The Bertz CT molecular complexity index is 1710. The molecular weight excluding hydrogens is 649 g/mol. The lowest BCUT2D eigenvalue weighted by atomic mass is 10.1. The number of aromatic nitrogens is 7. The molecule has 0 radical (unpaired) electrons. The van der Waals surface area contributed by atoms with E-state index in [2.05, 4.69) is 37.2 Å². The van der Waals surface area contributed by atoms with E-state index in [1.165, 1.54) is 40.4 Å². The Balaban J connectivity index is 1.17. The number of fused-ring (bicyclic) bond motifs is 4. The fourth-order valence-electron chi connectivity index (χ4n) is 5.36. The molecule has 4 aromatic rings. The Morgan fingerprint density at radius 2 is 1.45 bits per heavy atom. The fraction of sp³-hybridized carbons (Fsp3) is 0.476. The normalized spacial score (nSPS) is 38.2. The molecule has 4 N–H and O–H groups in total. The highest BCUT2D eigenvalue weighted by Crippen LogP contribution is 2.58. The lowest BCUT2D eigenvalue weighted by Gasteiger charge is -2.29. The standard InChI is InChI=1S/C21H24BF2N9O8P2S/c22-42(34)36-3-9-16(12(24)21(38-9)33-7-31-14-17(26)28-5-29-19(14)33)41-43(35,44)37-4-10-15(40-42)11(23)20(39-10)32-6-30-13-8(25)1-2-27-18(13)32/h1-2,5-7,9-12,15-16,20-21H,3-4,22H2,(H2,25,27)(H,35,44)(H2,26,28,29)/t9-,10-,11-,12-,15-,16-,20-,21-,42-,43-/m1/s1. The van der Waals surface area contributed by atoms with Crippen LogP contribution in [0, 0.1) is 0 Å². The van der Waals surface area contributed by atoms with Crippen LogP contribution in [0.4, 0.5) is 20.3 Å². The summed E-state index contributed by atoms with van der Waals surface area (Å²) < 4.78 is 95.2. The van der Waals surface area contributed by atoms with E-state index >= 15 is 8.78 Å². The third-order valence-electron chi connectivity index (χ3n) is 7.40. The number of hydrogen-bond acceptors (Lipinski definition) is 15. The Hall–Kier alpha value is -2.74. The number of halogens is 2. The van der Waals surface area contributed by atoms with Gasteiger partial charge in [0, 0.05) is 6.20 Å². The van der Waals surface area contributed by atoms with Gasteiger partial charge in [-0.25, -0.2) is 38.3 Å². The number of imidazole rings is 2. The van der Waals surface area contributed by atoms with Crippen LogP contribution in [0.15, 0.2) is 31.2 Å².